The van der Waals surface area contributed by atoms with E-state index in [1.54, 1.807) is 11.1 Å². The lowest BCUT2D eigenvalue weighted by atomic mass is 10.2. The Labute approximate surface area is 147 Å². The first-order valence-corrected chi connectivity index (χ1v) is 8.95. The first-order chi connectivity index (χ1) is 12.2. The van der Waals surface area contributed by atoms with Gasteiger partial charge in [-0.3, -0.25) is 4.79 Å². The van der Waals surface area contributed by atoms with Crippen LogP contribution in [-0.2, 0) is 4.79 Å². The lowest BCUT2D eigenvalue weighted by molar-refractivity contribution is -0.118. The van der Waals surface area contributed by atoms with E-state index < -0.39 is 0 Å². The number of para-hydroxylation sites is 1. The van der Waals surface area contributed by atoms with Crippen LogP contribution in [0.3, 0.4) is 0 Å². The van der Waals surface area contributed by atoms with Crippen molar-refractivity contribution in [1.29, 1.82) is 0 Å². The van der Waals surface area contributed by atoms with E-state index in [-0.39, 0.29) is 5.91 Å². The van der Waals surface area contributed by atoms with Crippen molar-refractivity contribution in [2.45, 2.75) is 38.1 Å². The Hall–Kier alpha value is -2.63. The Balaban J connectivity index is 1.71. The number of anilines is 4. The standard InChI is InChI=1S/C19H23N5O/c1-23-16-13-20-19(21-14-7-3-2-4-8-14)22-18(16)24(12-11-17(23)25)15-9-5-6-10-15/h2-4,7-8,13,15H,5-6,9-12H2,1H3,(H,20,21,22). The number of amides is 1. The molecule has 1 aromatic heterocycles. The van der Waals surface area contributed by atoms with E-state index in [0.717, 1.165) is 23.7 Å². The smallest absolute Gasteiger partial charge is 0.229 e. The molecule has 1 amide bonds. The Morgan fingerprint density at radius 2 is 1.92 bits per heavy atom. The molecule has 0 spiro atoms. The molecule has 1 fully saturated rings. The average molecular weight is 337 g/mol. The normalized spacial score (nSPS) is 18.2. The molecule has 1 aromatic carbocycles. The molecule has 0 bridgehead atoms. The maximum absolute atomic E-state index is 12.3. The highest BCUT2D eigenvalue weighted by Gasteiger charge is 2.31. The topological polar surface area (TPSA) is 61.4 Å². The van der Waals surface area contributed by atoms with Gasteiger partial charge in [0.1, 0.15) is 5.69 Å². The Morgan fingerprint density at radius 3 is 2.68 bits per heavy atom. The van der Waals surface area contributed by atoms with Crippen molar-refractivity contribution in [3.8, 4) is 0 Å². The summed E-state index contributed by atoms with van der Waals surface area (Å²) in [6.07, 6.45) is 7.12. The van der Waals surface area contributed by atoms with Gasteiger partial charge in [0.05, 0.1) is 6.20 Å². The van der Waals surface area contributed by atoms with Crippen LogP contribution in [0.1, 0.15) is 32.1 Å². The van der Waals surface area contributed by atoms with Gasteiger partial charge in [0.15, 0.2) is 5.82 Å². The molecule has 2 aliphatic rings. The van der Waals surface area contributed by atoms with Crippen LogP contribution in [0, 0.1) is 0 Å². The molecule has 1 N–H and O–H groups in total. The predicted molar refractivity (Wildman–Crippen MR) is 99.4 cm³/mol. The van der Waals surface area contributed by atoms with E-state index in [9.17, 15) is 4.79 Å². The number of aromatic nitrogens is 2. The van der Waals surface area contributed by atoms with Gasteiger partial charge < -0.3 is 15.1 Å². The van der Waals surface area contributed by atoms with Gasteiger partial charge in [-0.2, -0.15) is 4.98 Å². The molecule has 2 aromatic rings. The summed E-state index contributed by atoms with van der Waals surface area (Å²) in [5.74, 6) is 1.55. The van der Waals surface area contributed by atoms with Crippen molar-refractivity contribution in [3.63, 3.8) is 0 Å². The molecule has 25 heavy (non-hydrogen) atoms. The zero-order chi connectivity index (χ0) is 17.2. The predicted octanol–water partition coefficient (Wildman–Crippen LogP) is 3.34. The van der Waals surface area contributed by atoms with Gasteiger partial charge in [0.2, 0.25) is 11.9 Å². The second kappa shape index (κ2) is 6.70. The molecule has 1 saturated carbocycles. The number of nitrogens with one attached hydrogen (secondary N) is 1. The number of rotatable bonds is 3. The maximum atomic E-state index is 12.3. The molecule has 6 heteroatoms. The largest absolute Gasteiger partial charge is 0.351 e. The summed E-state index contributed by atoms with van der Waals surface area (Å²) in [4.78, 5) is 25.6. The lowest BCUT2D eigenvalue weighted by Crippen LogP contribution is -2.34. The highest BCUT2D eigenvalue weighted by Crippen LogP contribution is 2.36. The zero-order valence-electron chi connectivity index (χ0n) is 14.5. The molecule has 6 nitrogen and oxygen atoms in total. The molecular formula is C19H23N5O. The second-order valence-electron chi connectivity index (χ2n) is 6.73. The van der Waals surface area contributed by atoms with Gasteiger partial charge in [-0.25, -0.2) is 4.98 Å². The lowest BCUT2D eigenvalue weighted by Gasteiger charge is -2.30. The molecule has 2 heterocycles. The zero-order valence-corrected chi connectivity index (χ0v) is 14.5. The summed E-state index contributed by atoms with van der Waals surface area (Å²) in [5.41, 5.74) is 1.75. The number of nitrogens with zero attached hydrogens (tertiary/aromatic N) is 4. The van der Waals surface area contributed by atoms with E-state index in [2.05, 4.69) is 15.2 Å². The van der Waals surface area contributed by atoms with Crippen molar-refractivity contribution in [1.82, 2.24) is 9.97 Å². The van der Waals surface area contributed by atoms with Gasteiger partial charge in [0.25, 0.3) is 0 Å². The van der Waals surface area contributed by atoms with Crippen molar-refractivity contribution in [2.24, 2.45) is 0 Å². The third kappa shape index (κ3) is 3.16. The second-order valence-corrected chi connectivity index (χ2v) is 6.73. The summed E-state index contributed by atoms with van der Waals surface area (Å²) < 4.78 is 0. The summed E-state index contributed by atoms with van der Waals surface area (Å²) in [7, 11) is 1.81. The molecule has 0 saturated heterocycles. The number of hydrogen-bond acceptors (Lipinski definition) is 5. The number of fused-ring (bicyclic) bond motifs is 1. The fraction of sp³-hybridized carbons (Fsp3) is 0.421. The van der Waals surface area contributed by atoms with Gasteiger partial charge in [-0.05, 0) is 25.0 Å². The SMILES string of the molecule is CN1C(=O)CCN(C2CCCC2)c2nc(Nc3ccccc3)ncc21. The van der Waals surface area contributed by atoms with E-state index >= 15 is 0 Å². The van der Waals surface area contributed by atoms with Crippen molar-refractivity contribution < 1.29 is 4.79 Å². The fourth-order valence-electron chi connectivity index (χ4n) is 3.72. The van der Waals surface area contributed by atoms with Gasteiger partial charge in [-0.1, -0.05) is 31.0 Å². The molecule has 1 aliphatic carbocycles. The summed E-state index contributed by atoms with van der Waals surface area (Å²) in [5, 5.41) is 3.26. The first kappa shape index (κ1) is 15.9. The van der Waals surface area contributed by atoms with Crippen LogP contribution in [0.25, 0.3) is 0 Å². The molecule has 4 rings (SSSR count). The monoisotopic (exact) mass is 337 g/mol. The van der Waals surface area contributed by atoms with Crippen LogP contribution in [-0.4, -0.2) is 35.5 Å². The third-order valence-corrected chi connectivity index (χ3v) is 5.12. The number of carbonyl (C=O) groups is 1. The van der Waals surface area contributed by atoms with Crippen LogP contribution in [0.15, 0.2) is 36.5 Å². The van der Waals surface area contributed by atoms with Gasteiger partial charge >= 0.3 is 0 Å². The van der Waals surface area contributed by atoms with Crippen LogP contribution in [0.5, 0.6) is 0 Å². The molecule has 0 unspecified atom stereocenters. The minimum absolute atomic E-state index is 0.120. The maximum Gasteiger partial charge on any atom is 0.229 e. The fourth-order valence-corrected chi connectivity index (χ4v) is 3.72. The molecular weight excluding hydrogens is 314 g/mol. The van der Waals surface area contributed by atoms with Crippen LogP contribution in [0.4, 0.5) is 23.1 Å². The summed E-state index contributed by atoms with van der Waals surface area (Å²) >= 11 is 0. The highest BCUT2D eigenvalue weighted by molar-refractivity contribution is 5.97. The quantitative estimate of drug-likeness (QED) is 0.931. The van der Waals surface area contributed by atoms with Crippen LogP contribution < -0.4 is 15.1 Å². The van der Waals surface area contributed by atoms with Crippen LogP contribution >= 0.6 is 0 Å². The Kier molecular flexibility index (Phi) is 4.26. The summed E-state index contributed by atoms with van der Waals surface area (Å²) in [6, 6.07) is 10.4. The van der Waals surface area contributed by atoms with Gasteiger partial charge in [-0.15, -0.1) is 0 Å². The van der Waals surface area contributed by atoms with Crippen molar-refractivity contribution in [3.05, 3.63) is 36.5 Å². The van der Waals surface area contributed by atoms with E-state index in [0.29, 0.717) is 18.4 Å². The van der Waals surface area contributed by atoms with Gasteiger partial charge in [0, 0.05) is 31.7 Å². The average Bonchev–Trinajstić information content (AvgIpc) is 3.13. The van der Waals surface area contributed by atoms with Crippen LogP contribution in [0.2, 0.25) is 0 Å². The minimum Gasteiger partial charge on any atom is -0.351 e. The summed E-state index contributed by atoms with van der Waals surface area (Å²) in [6.45, 7) is 0.725. The molecule has 0 radical (unpaired) electrons. The van der Waals surface area contributed by atoms with E-state index in [1.165, 1.54) is 25.7 Å². The first-order valence-electron chi connectivity index (χ1n) is 8.95. The number of benzene rings is 1. The molecule has 1 aliphatic heterocycles. The Bertz CT molecular complexity index is 758. The highest BCUT2D eigenvalue weighted by atomic mass is 16.2. The number of carbonyl (C=O) groups excluding carboxylic acids is 1. The molecule has 0 atom stereocenters. The number of hydrogen-bond donors (Lipinski definition) is 1. The molecule has 130 valence electrons. The third-order valence-electron chi connectivity index (χ3n) is 5.12. The van der Waals surface area contributed by atoms with E-state index in [1.807, 2.05) is 37.4 Å². The Morgan fingerprint density at radius 1 is 1.16 bits per heavy atom. The van der Waals surface area contributed by atoms with Crippen molar-refractivity contribution in [2.75, 3.05) is 28.7 Å². The van der Waals surface area contributed by atoms with Crippen molar-refractivity contribution >= 4 is 29.0 Å². The van der Waals surface area contributed by atoms with E-state index in [4.69, 9.17) is 4.98 Å². The minimum atomic E-state index is 0.120.